The molecule has 1 aliphatic rings. The van der Waals surface area contributed by atoms with E-state index in [1.54, 1.807) is 18.2 Å². The Morgan fingerprint density at radius 1 is 1.07 bits per heavy atom. The summed E-state index contributed by atoms with van der Waals surface area (Å²) in [5.41, 5.74) is 7.45. The van der Waals surface area contributed by atoms with E-state index in [1.807, 2.05) is 24.3 Å². The summed E-state index contributed by atoms with van der Waals surface area (Å²) in [5, 5.41) is 4.13. The lowest BCUT2D eigenvalue weighted by atomic mass is 9.80. The Hall–Kier alpha value is -2.77. The summed E-state index contributed by atoms with van der Waals surface area (Å²) < 4.78 is 30.1. The second-order valence-corrected chi connectivity index (χ2v) is 6.94. The monoisotopic (exact) mass is 383 g/mol. The lowest BCUT2D eigenvalue weighted by Crippen LogP contribution is -2.40. The third-order valence-electron chi connectivity index (χ3n) is 5.16. The summed E-state index contributed by atoms with van der Waals surface area (Å²) in [6.45, 7) is 2.01. The lowest BCUT2D eigenvalue weighted by molar-refractivity contribution is 0.0409. The fraction of sp³-hybridized carbons (Fsp3) is 0.333. The first-order chi connectivity index (χ1) is 13.7. The van der Waals surface area contributed by atoms with Crippen molar-refractivity contribution in [1.82, 2.24) is 10.1 Å². The van der Waals surface area contributed by atoms with Crippen molar-refractivity contribution < 1.29 is 18.4 Å². The molecule has 28 heavy (non-hydrogen) atoms. The maximum atomic E-state index is 13.6. The van der Waals surface area contributed by atoms with Gasteiger partial charge in [0.05, 0.1) is 5.41 Å². The second-order valence-electron chi connectivity index (χ2n) is 6.94. The zero-order chi connectivity index (χ0) is 19.4. The Balaban J connectivity index is 1.46. The quantitative estimate of drug-likeness (QED) is 0.702. The molecule has 1 aromatic heterocycles. The molecular formula is C21H22FN3O3. The summed E-state index contributed by atoms with van der Waals surface area (Å²) in [4.78, 5) is 4.59. The van der Waals surface area contributed by atoms with Crippen LogP contribution >= 0.6 is 0 Å². The SMILES string of the molecule is NCC1(c2nc(-c3ccc(COc4ccccc4F)cc3)no2)CCOCC1. The molecule has 146 valence electrons. The molecule has 0 aliphatic carbocycles. The molecule has 0 amide bonds. The molecule has 0 atom stereocenters. The van der Waals surface area contributed by atoms with Gasteiger partial charge in [-0.25, -0.2) is 4.39 Å². The largest absolute Gasteiger partial charge is 0.486 e. The highest BCUT2D eigenvalue weighted by Crippen LogP contribution is 2.33. The standard InChI is InChI=1S/C21H22FN3O3/c22-17-3-1-2-4-18(17)27-13-15-5-7-16(8-6-15)19-24-20(28-25-19)21(14-23)9-11-26-12-10-21/h1-8H,9-14,23H2. The van der Waals surface area contributed by atoms with E-state index < -0.39 is 0 Å². The predicted octanol–water partition coefficient (Wildman–Crippen LogP) is 3.46. The topological polar surface area (TPSA) is 83.4 Å². The molecule has 2 heterocycles. The van der Waals surface area contributed by atoms with Gasteiger partial charge in [-0.1, -0.05) is 41.6 Å². The molecule has 7 heteroatoms. The number of rotatable bonds is 6. The average Bonchev–Trinajstić information content (AvgIpc) is 3.25. The Morgan fingerprint density at radius 3 is 2.54 bits per heavy atom. The zero-order valence-corrected chi connectivity index (χ0v) is 15.4. The van der Waals surface area contributed by atoms with Crippen LogP contribution in [0, 0.1) is 5.82 Å². The minimum absolute atomic E-state index is 0.234. The van der Waals surface area contributed by atoms with Gasteiger partial charge in [-0.3, -0.25) is 0 Å². The average molecular weight is 383 g/mol. The van der Waals surface area contributed by atoms with Crippen LogP contribution in [0.25, 0.3) is 11.4 Å². The number of nitrogens with zero attached hydrogens (tertiary/aromatic N) is 2. The van der Waals surface area contributed by atoms with Crippen LogP contribution in [-0.2, 0) is 16.8 Å². The van der Waals surface area contributed by atoms with Gasteiger partial charge in [0.15, 0.2) is 11.6 Å². The van der Waals surface area contributed by atoms with Crippen LogP contribution in [0.2, 0.25) is 0 Å². The van der Waals surface area contributed by atoms with Gasteiger partial charge >= 0.3 is 0 Å². The maximum Gasteiger partial charge on any atom is 0.234 e. The van der Waals surface area contributed by atoms with Gasteiger partial charge < -0.3 is 19.7 Å². The fourth-order valence-corrected chi connectivity index (χ4v) is 3.30. The lowest BCUT2D eigenvalue weighted by Gasteiger charge is -2.32. The van der Waals surface area contributed by atoms with Gasteiger partial charge in [-0.2, -0.15) is 4.98 Å². The molecule has 4 rings (SSSR count). The van der Waals surface area contributed by atoms with E-state index in [4.69, 9.17) is 19.7 Å². The van der Waals surface area contributed by atoms with Crippen LogP contribution in [0.5, 0.6) is 5.75 Å². The first-order valence-corrected chi connectivity index (χ1v) is 9.29. The maximum absolute atomic E-state index is 13.6. The summed E-state index contributed by atoms with van der Waals surface area (Å²) in [5.74, 6) is 0.953. The number of benzene rings is 2. The van der Waals surface area contributed by atoms with Crippen molar-refractivity contribution in [3.8, 4) is 17.1 Å². The molecule has 0 bridgehead atoms. The van der Waals surface area contributed by atoms with Crippen molar-refractivity contribution in [2.75, 3.05) is 19.8 Å². The van der Waals surface area contributed by atoms with Gasteiger partial charge in [0.1, 0.15) is 6.61 Å². The summed E-state index contributed by atoms with van der Waals surface area (Å²) in [6.07, 6.45) is 1.55. The highest BCUT2D eigenvalue weighted by Gasteiger charge is 2.38. The first kappa shape index (κ1) is 18.6. The number of halogens is 1. The van der Waals surface area contributed by atoms with E-state index in [9.17, 15) is 4.39 Å². The molecule has 0 radical (unpaired) electrons. The Bertz CT molecular complexity index is 921. The van der Waals surface area contributed by atoms with Gasteiger partial charge in [0.2, 0.25) is 11.7 Å². The number of ether oxygens (including phenoxy) is 2. The van der Waals surface area contributed by atoms with Crippen LogP contribution in [0.3, 0.4) is 0 Å². The van der Waals surface area contributed by atoms with E-state index in [1.165, 1.54) is 6.07 Å². The third kappa shape index (κ3) is 3.76. The van der Waals surface area contributed by atoms with E-state index >= 15 is 0 Å². The third-order valence-corrected chi connectivity index (χ3v) is 5.16. The van der Waals surface area contributed by atoms with E-state index in [2.05, 4.69) is 10.1 Å². The summed E-state index contributed by atoms with van der Waals surface area (Å²) in [7, 11) is 0. The highest BCUT2D eigenvalue weighted by atomic mass is 19.1. The minimum atomic E-state index is -0.375. The van der Waals surface area contributed by atoms with Crippen LogP contribution in [0.15, 0.2) is 53.1 Å². The number of para-hydroxylation sites is 1. The molecular weight excluding hydrogens is 361 g/mol. The van der Waals surface area contributed by atoms with Gasteiger partial charge in [-0.15, -0.1) is 0 Å². The number of hydrogen-bond acceptors (Lipinski definition) is 6. The minimum Gasteiger partial charge on any atom is -0.486 e. The molecule has 3 aromatic rings. The molecule has 0 unspecified atom stereocenters. The summed E-state index contributed by atoms with van der Waals surface area (Å²) in [6, 6.07) is 13.9. The number of aromatic nitrogens is 2. The number of hydrogen-bond donors (Lipinski definition) is 1. The van der Waals surface area contributed by atoms with Crippen molar-refractivity contribution in [1.29, 1.82) is 0 Å². The Morgan fingerprint density at radius 2 is 1.82 bits per heavy atom. The van der Waals surface area contributed by atoms with Crippen molar-refractivity contribution >= 4 is 0 Å². The fourth-order valence-electron chi connectivity index (χ4n) is 3.30. The normalized spacial score (nSPS) is 16.1. The molecule has 0 spiro atoms. The van der Waals surface area contributed by atoms with Crippen LogP contribution in [0.1, 0.15) is 24.3 Å². The van der Waals surface area contributed by atoms with E-state index in [0.717, 1.165) is 24.0 Å². The van der Waals surface area contributed by atoms with E-state index in [0.29, 0.717) is 31.5 Å². The van der Waals surface area contributed by atoms with Crippen LogP contribution in [-0.4, -0.2) is 29.9 Å². The van der Waals surface area contributed by atoms with E-state index in [-0.39, 0.29) is 23.6 Å². The Labute approximate surface area is 162 Å². The van der Waals surface area contributed by atoms with Crippen molar-refractivity contribution in [3.63, 3.8) is 0 Å². The van der Waals surface area contributed by atoms with Gasteiger partial charge in [-0.05, 0) is 30.5 Å². The first-order valence-electron chi connectivity index (χ1n) is 9.29. The van der Waals surface area contributed by atoms with Crippen LogP contribution < -0.4 is 10.5 Å². The molecule has 6 nitrogen and oxygen atoms in total. The molecule has 1 fully saturated rings. The molecule has 1 aliphatic heterocycles. The second kappa shape index (κ2) is 8.08. The molecule has 2 N–H and O–H groups in total. The number of nitrogens with two attached hydrogens (primary N) is 1. The predicted molar refractivity (Wildman–Crippen MR) is 101 cm³/mol. The van der Waals surface area contributed by atoms with Crippen molar-refractivity contribution in [3.05, 3.63) is 65.8 Å². The van der Waals surface area contributed by atoms with Crippen LogP contribution in [0.4, 0.5) is 4.39 Å². The smallest absolute Gasteiger partial charge is 0.234 e. The van der Waals surface area contributed by atoms with Crippen molar-refractivity contribution in [2.24, 2.45) is 5.73 Å². The molecule has 1 saturated heterocycles. The Kier molecular flexibility index (Phi) is 5.36. The summed E-state index contributed by atoms with van der Waals surface area (Å²) >= 11 is 0. The van der Waals surface area contributed by atoms with Gasteiger partial charge in [0.25, 0.3) is 0 Å². The molecule has 2 aromatic carbocycles. The van der Waals surface area contributed by atoms with Crippen molar-refractivity contribution in [2.45, 2.75) is 24.9 Å². The highest BCUT2D eigenvalue weighted by molar-refractivity contribution is 5.54. The molecule has 0 saturated carbocycles. The zero-order valence-electron chi connectivity index (χ0n) is 15.4. The van der Waals surface area contributed by atoms with Gasteiger partial charge in [0, 0.05) is 25.3 Å².